The third-order valence-electron chi connectivity index (χ3n) is 5.74. The van der Waals surface area contributed by atoms with Crippen LogP contribution in [0.15, 0.2) is 53.4 Å². The number of alkyl halides is 3. The molecule has 1 aromatic heterocycles. The average Bonchev–Trinajstić information content (AvgIpc) is 3.14. The molecule has 0 unspecified atom stereocenters. The van der Waals surface area contributed by atoms with Crippen LogP contribution in [0, 0.1) is 11.8 Å². The molecule has 10 heteroatoms. The van der Waals surface area contributed by atoms with Gasteiger partial charge in [0.25, 0.3) is 0 Å². The van der Waals surface area contributed by atoms with Gasteiger partial charge in [-0.1, -0.05) is 12.0 Å². The minimum Gasteiger partial charge on any atom is -0.382 e. The van der Waals surface area contributed by atoms with Crippen LogP contribution < -0.4 is 10.6 Å². The highest BCUT2D eigenvalue weighted by atomic mass is 32.2. The molecule has 3 aromatic rings. The molecule has 0 bridgehead atoms. The third kappa shape index (κ3) is 6.50. The number of hydrogen-bond acceptors (Lipinski definition) is 5. The normalized spacial score (nSPS) is 15.0. The first-order valence-electron chi connectivity index (χ1n) is 11.2. The van der Waals surface area contributed by atoms with Crippen LogP contribution in [0.3, 0.4) is 0 Å². The van der Waals surface area contributed by atoms with Crippen molar-refractivity contribution in [3.05, 3.63) is 54.2 Å². The van der Waals surface area contributed by atoms with Crippen molar-refractivity contribution in [3.63, 3.8) is 0 Å². The van der Waals surface area contributed by atoms with Gasteiger partial charge in [0.15, 0.2) is 9.84 Å². The summed E-state index contributed by atoms with van der Waals surface area (Å²) in [6.45, 7) is 0.355. The Bertz CT molecular complexity index is 1350. The van der Waals surface area contributed by atoms with Crippen molar-refractivity contribution < 1.29 is 26.3 Å². The first kappa shape index (κ1) is 24.9. The number of hydrogen-bond donors (Lipinski definition) is 2. The lowest BCUT2D eigenvalue weighted by molar-refractivity contribution is -0.140. The number of aromatic nitrogens is 1. The summed E-state index contributed by atoms with van der Waals surface area (Å²) in [5.41, 5.74) is 2.17. The predicted molar refractivity (Wildman–Crippen MR) is 130 cm³/mol. The fraction of sp³-hybridized carbons (Fsp3) is 0.360. The molecule has 2 N–H and O–H groups in total. The van der Waals surface area contributed by atoms with Crippen LogP contribution >= 0.6 is 0 Å². The summed E-state index contributed by atoms with van der Waals surface area (Å²) in [4.78, 5) is 0.205. The summed E-state index contributed by atoms with van der Waals surface area (Å²) in [7, 11) is -3.29. The summed E-state index contributed by atoms with van der Waals surface area (Å²) in [5, 5.41) is 7.18. The van der Waals surface area contributed by atoms with Gasteiger partial charge in [0.05, 0.1) is 22.7 Å². The lowest BCUT2D eigenvalue weighted by atomic mass is 10.1. The van der Waals surface area contributed by atoms with Gasteiger partial charge in [0.2, 0.25) is 0 Å². The van der Waals surface area contributed by atoms with Gasteiger partial charge in [-0.05, 0) is 61.2 Å². The number of sulfone groups is 1. The molecule has 0 spiro atoms. The van der Waals surface area contributed by atoms with Crippen molar-refractivity contribution in [1.29, 1.82) is 0 Å². The van der Waals surface area contributed by atoms with Gasteiger partial charge in [-0.3, -0.25) is 0 Å². The van der Waals surface area contributed by atoms with Gasteiger partial charge in [-0.15, -0.1) is 0 Å². The maximum atomic E-state index is 13.4. The van der Waals surface area contributed by atoms with Crippen LogP contribution in [0.1, 0.15) is 18.5 Å². The fourth-order valence-electron chi connectivity index (χ4n) is 4.03. The van der Waals surface area contributed by atoms with E-state index in [-0.39, 0.29) is 23.2 Å². The van der Waals surface area contributed by atoms with Crippen LogP contribution in [-0.4, -0.2) is 51.2 Å². The monoisotopic (exact) mass is 505 g/mol. The molecular formula is C25H26F3N3O3S. The second-order valence-corrected chi connectivity index (χ2v) is 10.5. The second-order valence-electron chi connectivity index (χ2n) is 8.45. The Kier molecular flexibility index (Phi) is 7.28. The summed E-state index contributed by atoms with van der Waals surface area (Å²) in [6, 6.07) is 13.4. The molecule has 2 heterocycles. The molecule has 4 rings (SSSR count). The van der Waals surface area contributed by atoms with Gasteiger partial charge in [0.1, 0.15) is 6.54 Å². The quantitative estimate of drug-likeness (QED) is 0.477. The molecule has 1 fully saturated rings. The minimum atomic E-state index is -4.40. The Labute approximate surface area is 202 Å². The van der Waals surface area contributed by atoms with E-state index >= 15 is 0 Å². The van der Waals surface area contributed by atoms with Gasteiger partial charge in [-0.2, -0.15) is 13.2 Å². The smallest absolute Gasteiger partial charge is 0.382 e. The zero-order valence-corrected chi connectivity index (χ0v) is 20.0. The Morgan fingerprint density at radius 1 is 1.11 bits per heavy atom. The summed E-state index contributed by atoms with van der Waals surface area (Å²) in [6.07, 6.45) is -1.59. The molecular weight excluding hydrogens is 479 g/mol. The molecule has 0 radical (unpaired) electrons. The lowest BCUT2D eigenvalue weighted by Crippen LogP contribution is -2.27. The number of rotatable bonds is 6. The number of fused-ring (bicyclic) bond motifs is 1. The van der Waals surface area contributed by atoms with Crippen LogP contribution in [-0.2, 0) is 21.1 Å². The number of nitrogens with one attached hydrogen (secondary N) is 2. The van der Waals surface area contributed by atoms with Crippen LogP contribution in [0.25, 0.3) is 10.9 Å². The van der Waals surface area contributed by atoms with E-state index in [2.05, 4.69) is 22.5 Å². The summed E-state index contributed by atoms with van der Waals surface area (Å²) >= 11 is 0. The van der Waals surface area contributed by atoms with Crippen molar-refractivity contribution >= 4 is 32.1 Å². The number of ether oxygens (including phenoxy) is 1. The number of anilines is 2. The van der Waals surface area contributed by atoms with Crippen LogP contribution in [0.4, 0.5) is 24.5 Å². The maximum Gasteiger partial charge on any atom is 0.406 e. The van der Waals surface area contributed by atoms with Crippen LogP contribution in [0.2, 0.25) is 0 Å². The third-order valence-corrected chi connectivity index (χ3v) is 6.87. The highest BCUT2D eigenvalue weighted by Gasteiger charge is 2.30. The van der Waals surface area contributed by atoms with Gasteiger partial charge >= 0.3 is 6.18 Å². The number of benzene rings is 2. The molecule has 1 saturated heterocycles. The molecule has 0 atom stereocenters. The van der Waals surface area contributed by atoms with E-state index in [0.717, 1.165) is 24.8 Å². The molecule has 6 nitrogen and oxygen atoms in total. The molecule has 0 amide bonds. The van der Waals surface area contributed by atoms with Gasteiger partial charge in [-0.25, -0.2) is 8.42 Å². The van der Waals surface area contributed by atoms with E-state index in [1.165, 1.54) is 16.7 Å². The van der Waals surface area contributed by atoms with E-state index in [1.54, 1.807) is 30.3 Å². The van der Waals surface area contributed by atoms with E-state index in [4.69, 9.17) is 4.74 Å². The maximum absolute atomic E-state index is 13.4. The predicted octanol–water partition coefficient (Wildman–Crippen LogP) is 4.66. The summed E-state index contributed by atoms with van der Waals surface area (Å²) < 4.78 is 69.8. The number of halogens is 3. The zero-order valence-electron chi connectivity index (χ0n) is 19.2. The van der Waals surface area contributed by atoms with Crippen LogP contribution in [0.5, 0.6) is 0 Å². The van der Waals surface area contributed by atoms with Gasteiger partial charge in [0, 0.05) is 42.3 Å². The van der Waals surface area contributed by atoms with E-state index < -0.39 is 22.6 Å². The fourth-order valence-corrected chi connectivity index (χ4v) is 4.66. The van der Waals surface area contributed by atoms with E-state index in [1.807, 2.05) is 6.07 Å². The topological polar surface area (TPSA) is 72.4 Å². The zero-order chi connectivity index (χ0) is 25.1. The van der Waals surface area contributed by atoms with E-state index in [0.29, 0.717) is 29.8 Å². The van der Waals surface area contributed by atoms with Crippen molar-refractivity contribution in [2.45, 2.75) is 36.5 Å². The van der Waals surface area contributed by atoms with Crippen molar-refractivity contribution in [2.24, 2.45) is 0 Å². The second kappa shape index (κ2) is 10.2. The SMILES string of the molecule is CS(=O)(=O)c1ccc(NCC#Cc2cc3c(NC4CCOCC4)cccc3n2CC(F)(F)F)cc1. The van der Waals surface area contributed by atoms with Gasteiger partial charge < -0.3 is 19.9 Å². The van der Waals surface area contributed by atoms with Crippen molar-refractivity contribution in [3.8, 4) is 11.8 Å². The largest absolute Gasteiger partial charge is 0.406 e. The Hall–Kier alpha value is -3.16. The molecule has 186 valence electrons. The number of nitrogens with zero attached hydrogens (tertiary/aromatic N) is 1. The van der Waals surface area contributed by atoms with Crippen molar-refractivity contribution in [2.75, 3.05) is 36.6 Å². The highest BCUT2D eigenvalue weighted by molar-refractivity contribution is 7.90. The standard InChI is InChI=1S/C25H26F3N3O3S/c1-35(32,33)21-9-7-18(8-10-21)29-13-3-4-20-16-22-23(30-19-11-14-34-15-12-19)5-2-6-24(22)31(20)17-25(26,27)28/h2,5-10,16,19,29-30H,11-15,17H2,1H3. The molecule has 2 aromatic carbocycles. The summed E-state index contributed by atoms with van der Waals surface area (Å²) in [5.74, 6) is 5.75. The molecule has 35 heavy (non-hydrogen) atoms. The molecule has 1 aliphatic rings. The average molecular weight is 506 g/mol. The molecule has 0 saturated carbocycles. The highest BCUT2D eigenvalue weighted by Crippen LogP contribution is 2.31. The molecule has 1 aliphatic heterocycles. The Morgan fingerprint density at radius 3 is 2.49 bits per heavy atom. The van der Waals surface area contributed by atoms with Crippen molar-refractivity contribution in [1.82, 2.24) is 4.57 Å². The first-order valence-corrected chi connectivity index (χ1v) is 13.1. The Balaban J connectivity index is 1.57. The van der Waals surface area contributed by atoms with E-state index in [9.17, 15) is 21.6 Å². The Morgan fingerprint density at radius 2 is 1.83 bits per heavy atom. The lowest BCUT2D eigenvalue weighted by Gasteiger charge is -2.24. The minimum absolute atomic E-state index is 0.180. The molecule has 0 aliphatic carbocycles. The first-order chi connectivity index (χ1) is 16.6.